The number of aromatic nitrogens is 3. The highest BCUT2D eigenvalue weighted by Crippen LogP contribution is 2.38. The molecule has 0 amide bonds. The second-order valence-corrected chi connectivity index (χ2v) is 7.50. The monoisotopic (exact) mass is 379 g/mol. The van der Waals surface area contributed by atoms with Gasteiger partial charge in [0.15, 0.2) is 0 Å². The molecule has 1 atom stereocenters. The molecular weight excluding hydrogens is 354 g/mol. The Morgan fingerprint density at radius 2 is 2.07 bits per heavy atom. The van der Waals surface area contributed by atoms with Gasteiger partial charge in [-0.3, -0.25) is 0 Å². The number of phenolic OH excluding ortho intramolecular Hbond substituents is 1. The number of aryl methyl sites for hydroxylation is 1. The van der Waals surface area contributed by atoms with Crippen LogP contribution in [0.25, 0.3) is 22.2 Å². The lowest BCUT2D eigenvalue weighted by atomic mass is 9.97. The van der Waals surface area contributed by atoms with Gasteiger partial charge in [0, 0.05) is 36.2 Å². The number of nitrogens with zero attached hydrogens (tertiary/aromatic N) is 4. The van der Waals surface area contributed by atoms with E-state index < -0.39 is 0 Å². The smallest absolute Gasteiger partial charge is 0.134 e. The van der Waals surface area contributed by atoms with Crippen LogP contribution < -0.4 is 10.6 Å². The molecule has 7 nitrogen and oxygen atoms in total. The lowest BCUT2D eigenvalue weighted by Crippen LogP contribution is -2.21. The van der Waals surface area contributed by atoms with E-state index in [-0.39, 0.29) is 12.4 Å². The lowest BCUT2D eigenvalue weighted by molar-refractivity contribution is 0.263. The van der Waals surface area contributed by atoms with Crippen LogP contribution in [-0.4, -0.2) is 44.9 Å². The van der Waals surface area contributed by atoms with Gasteiger partial charge in [-0.25, -0.2) is 15.0 Å². The molecule has 4 rings (SSSR count). The molecule has 1 fully saturated rings. The summed E-state index contributed by atoms with van der Waals surface area (Å²) in [4.78, 5) is 15.8. The number of aromatic hydroxyl groups is 1. The van der Waals surface area contributed by atoms with Crippen LogP contribution >= 0.6 is 0 Å². The zero-order valence-electron chi connectivity index (χ0n) is 16.2. The molecule has 1 aromatic carbocycles. The first kappa shape index (κ1) is 18.4. The molecule has 2 aromatic heterocycles. The Hall–Kier alpha value is -2.93. The molecule has 146 valence electrons. The van der Waals surface area contributed by atoms with Gasteiger partial charge < -0.3 is 20.8 Å². The Kier molecular flexibility index (Phi) is 4.77. The molecule has 0 spiro atoms. The van der Waals surface area contributed by atoms with Crippen LogP contribution in [-0.2, 0) is 0 Å². The van der Waals surface area contributed by atoms with Crippen molar-refractivity contribution in [2.75, 3.05) is 30.3 Å². The van der Waals surface area contributed by atoms with Crippen LogP contribution in [0.1, 0.15) is 24.0 Å². The standard InChI is InChI=1S/C21H25N5O2/c1-12-3-4-16(28)13(2)18(12)20-19-15(21(22)24-11-23-19)9-17(25-20)26-7-5-14(10-26)6-8-27/h3-4,9,11,14,27-28H,5-8,10H2,1-2H3,(H2,22,23,24). The van der Waals surface area contributed by atoms with Crippen molar-refractivity contribution in [3.05, 3.63) is 35.7 Å². The summed E-state index contributed by atoms with van der Waals surface area (Å²) in [7, 11) is 0. The van der Waals surface area contributed by atoms with Crippen LogP contribution in [0.15, 0.2) is 24.5 Å². The van der Waals surface area contributed by atoms with Crippen molar-refractivity contribution in [3.8, 4) is 17.0 Å². The molecule has 3 heterocycles. The largest absolute Gasteiger partial charge is 0.508 e. The average Bonchev–Trinajstić information content (AvgIpc) is 3.14. The summed E-state index contributed by atoms with van der Waals surface area (Å²) in [5.74, 6) is 1.93. The number of anilines is 2. The van der Waals surface area contributed by atoms with E-state index in [1.807, 2.05) is 26.0 Å². The van der Waals surface area contributed by atoms with Gasteiger partial charge in [0.25, 0.3) is 0 Å². The van der Waals surface area contributed by atoms with E-state index >= 15 is 0 Å². The number of phenols is 1. The van der Waals surface area contributed by atoms with Crippen LogP contribution in [0.3, 0.4) is 0 Å². The molecule has 1 saturated heterocycles. The highest BCUT2D eigenvalue weighted by Gasteiger charge is 2.25. The molecule has 0 aliphatic carbocycles. The number of fused-ring (bicyclic) bond motifs is 1. The number of aliphatic hydroxyl groups excluding tert-OH is 1. The zero-order valence-corrected chi connectivity index (χ0v) is 16.2. The second-order valence-electron chi connectivity index (χ2n) is 7.50. The summed E-state index contributed by atoms with van der Waals surface area (Å²) in [6.45, 7) is 5.82. The zero-order chi connectivity index (χ0) is 19.8. The summed E-state index contributed by atoms with van der Waals surface area (Å²) in [6.07, 6.45) is 3.27. The maximum atomic E-state index is 10.3. The normalized spacial score (nSPS) is 16.8. The van der Waals surface area contributed by atoms with E-state index in [1.54, 1.807) is 6.07 Å². The Morgan fingerprint density at radius 3 is 2.86 bits per heavy atom. The van der Waals surface area contributed by atoms with Crippen molar-refractivity contribution >= 4 is 22.5 Å². The van der Waals surface area contributed by atoms with Crippen LogP contribution in [0.5, 0.6) is 5.75 Å². The number of rotatable bonds is 4. The predicted octanol–water partition coefficient (Wildman–Crippen LogP) is 2.81. The summed E-state index contributed by atoms with van der Waals surface area (Å²) >= 11 is 0. The summed E-state index contributed by atoms with van der Waals surface area (Å²) < 4.78 is 0. The molecule has 1 aliphatic heterocycles. The lowest BCUT2D eigenvalue weighted by Gasteiger charge is -2.21. The number of benzene rings is 1. The van der Waals surface area contributed by atoms with Crippen molar-refractivity contribution in [2.24, 2.45) is 5.92 Å². The Morgan fingerprint density at radius 1 is 1.25 bits per heavy atom. The van der Waals surface area contributed by atoms with Crippen LogP contribution in [0, 0.1) is 19.8 Å². The van der Waals surface area contributed by atoms with Gasteiger partial charge in [0.1, 0.15) is 29.2 Å². The van der Waals surface area contributed by atoms with Gasteiger partial charge in [0.05, 0.1) is 5.69 Å². The Labute approximate surface area is 163 Å². The van der Waals surface area contributed by atoms with Crippen molar-refractivity contribution in [1.29, 1.82) is 0 Å². The predicted molar refractivity (Wildman–Crippen MR) is 110 cm³/mol. The van der Waals surface area contributed by atoms with E-state index in [1.165, 1.54) is 6.33 Å². The van der Waals surface area contributed by atoms with Crippen LogP contribution in [0.4, 0.5) is 11.6 Å². The third-order valence-electron chi connectivity index (χ3n) is 5.67. The van der Waals surface area contributed by atoms with Crippen molar-refractivity contribution in [2.45, 2.75) is 26.7 Å². The molecule has 0 saturated carbocycles. The maximum absolute atomic E-state index is 10.3. The van der Waals surface area contributed by atoms with E-state index in [0.717, 1.165) is 53.8 Å². The van der Waals surface area contributed by atoms with Crippen LogP contribution in [0.2, 0.25) is 0 Å². The van der Waals surface area contributed by atoms with Gasteiger partial charge >= 0.3 is 0 Å². The second kappa shape index (κ2) is 7.24. The van der Waals surface area contributed by atoms with Crippen molar-refractivity contribution < 1.29 is 10.2 Å². The fourth-order valence-corrected chi connectivity index (χ4v) is 4.06. The summed E-state index contributed by atoms with van der Waals surface area (Å²) in [5, 5.41) is 20.3. The van der Waals surface area contributed by atoms with Gasteiger partial charge in [-0.2, -0.15) is 0 Å². The van der Waals surface area contributed by atoms with Gasteiger partial charge in [-0.15, -0.1) is 0 Å². The summed E-state index contributed by atoms with van der Waals surface area (Å²) in [5.41, 5.74) is 10.2. The highest BCUT2D eigenvalue weighted by molar-refractivity contribution is 5.99. The third kappa shape index (κ3) is 3.11. The molecule has 3 aromatic rings. The number of pyridine rings is 1. The highest BCUT2D eigenvalue weighted by atomic mass is 16.3. The number of hydrogen-bond donors (Lipinski definition) is 3. The molecule has 28 heavy (non-hydrogen) atoms. The fraction of sp³-hybridized carbons (Fsp3) is 0.381. The molecule has 4 N–H and O–H groups in total. The first-order valence-electron chi connectivity index (χ1n) is 9.56. The minimum absolute atomic E-state index is 0.206. The first-order valence-corrected chi connectivity index (χ1v) is 9.56. The molecule has 1 unspecified atom stereocenters. The van der Waals surface area contributed by atoms with E-state index in [4.69, 9.17) is 10.7 Å². The molecular formula is C21H25N5O2. The summed E-state index contributed by atoms with van der Waals surface area (Å²) in [6, 6.07) is 5.53. The Bertz CT molecular complexity index is 1040. The van der Waals surface area contributed by atoms with E-state index in [0.29, 0.717) is 22.9 Å². The minimum atomic E-state index is 0.206. The SMILES string of the molecule is Cc1ccc(O)c(C)c1-c1nc(N2CCC(CCO)C2)cc2c(N)ncnc12. The van der Waals surface area contributed by atoms with Gasteiger partial charge in [0.2, 0.25) is 0 Å². The number of hydrogen-bond acceptors (Lipinski definition) is 7. The minimum Gasteiger partial charge on any atom is -0.508 e. The first-order chi connectivity index (χ1) is 13.5. The maximum Gasteiger partial charge on any atom is 0.134 e. The third-order valence-corrected chi connectivity index (χ3v) is 5.67. The van der Waals surface area contributed by atoms with Gasteiger partial charge in [-0.1, -0.05) is 6.07 Å². The average molecular weight is 379 g/mol. The molecule has 7 heteroatoms. The van der Waals surface area contributed by atoms with E-state index in [2.05, 4.69) is 14.9 Å². The van der Waals surface area contributed by atoms with E-state index in [9.17, 15) is 10.2 Å². The van der Waals surface area contributed by atoms with Crippen molar-refractivity contribution in [3.63, 3.8) is 0 Å². The Balaban J connectivity index is 1.92. The fourth-order valence-electron chi connectivity index (χ4n) is 4.06. The quantitative estimate of drug-likeness (QED) is 0.639. The van der Waals surface area contributed by atoms with Crippen molar-refractivity contribution in [1.82, 2.24) is 15.0 Å². The number of nitrogens with two attached hydrogens (primary N) is 1. The van der Waals surface area contributed by atoms with Gasteiger partial charge in [-0.05, 0) is 50.3 Å². The molecule has 1 aliphatic rings. The number of aliphatic hydroxyl groups is 1. The topological polar surface area (TPSA) is 108 Å². The molecule has 0 bridgehead atoms. The number of nitrogen functional groups attached to an aromatic ring is 1. The molecule has 0 radical (unpaired) electrons.